The van der Waals surface area contributed by atoms with Crippen LogP contribution in [-0.4, -0.2) is 11.3 Å². The normalized spacial score (nSPS) is 9.15. The minimum atomic E-state index is -0.559. The zero-order valence-electron chi connectivity index (χ0n) is 6.80. The maximum absolute atomic E-state index is 12.9. The average molecular weight is 315 g/mol. The van der Waals surface area contributed by atoms with Crippen LogP contribution >= 0.6 is 35.7 Å². The summed E-state index contributed by atoms with van der Waals surface area (Å²) in [5.74, 6) is -1.08. The molecule has 0 radical (unpaired) electrons. The van der Waals surface area contributed by atoms with Crippen LogP contribution in [0.4, 0.5) is 8.78 Å². The van der Waals surface area contributed by atoms with Gasteiger partial charge in [0, 0.05) is 5.56 Å². The van der Waals surface area contributed by atoms with Crippen molar-refractivity contribution in [2.75, 3.05) is 6.26 Å². The van der Waals surface area contributed by atoms with Gasteiger partial charge in [0.2, 0.25) is 0 Å². The first-order valence-corrected chi connectivity index (χ1v) is 4.45. The molecule has 1 rings (SSSR count). The Morgan fingerprint density at radius 1 is 1.38 bits per heavy atom. The van der Waals surface area contributed by atoms with Crippen LogP contribution in [0.15, 0.2) is 18.2 Å². The van der Waals surface area contributed by atoms with Crippen molar-refractivity contribution >= 4 is 40.8 Å². The van der Waals surface area contributed by atoms with Crippen molar-refractivity contribution < 1.29 is 8.78 Å². The Bertz CT molecular complexity index is 317. The average Bonchev–Trinajstić information content (AvgIpc) is 2.08. The van der Waals surface area contributed by atoms with E-state index in [-0.39, 0.29) is 34.6 Å². The van der Waals surface area contributed by atoms with Crippen LogP contribution in [-0.2, 0) is 0 Å². The number of hydrogen-bond donors (Lipinski definition) is 1. The highest BCUT2D eigenvalue weighted by Gasteiger charge is 2.07. The third-order valence-corrected chi connectivity index (χ3v) is 2.01. The molecule has 0 saturated heterocycles. The molecule has 72 valence electrons. The van der Waals surface area contributed by atoms with Gasteiger partial charge in [0.25, 0.3) is 0 Å². The molecule has 0 amide bonds. The molecule has 0 aliphatic rings. The molecule has 0 heterocycles. The lowest BCUT2D eigenvalue weighted by Gasteiger charge is -2.01. The van der Waals surface area contributed by atoms with Gasteiger partial charge in [0.1, 0.15) is 11.6 Å². The van der Waals surface area contributed by atoms with E-state index in [1.54, 1.807) is 6.26 Å². The molecule has 0 spiro atoms. The van der Waals surface area contributed by atoms with Crippen LogP contribution in [0.3, 0.4) is 0 Å². The second-order valence-corrected chi connectivity index (χ2v) is 2.97. The summed E-state index contributed by atoms with van der Waals surface area (Å²) in [5, 5.41) is 7.31. The first-order chi connectivity index (χ1) is 5.65. The van der Waals surface area contributed by atoms with Crippen LogP contribution in [0.2, 0.25) is 0 Å². The highest BCUT2D eigenvalue weighted by atomic mass is 127. The fraction of sp³-hybridized carbons (Fsp3) is 0.125. The van der Waals surface area contributed by atoms with Crippen LogP contribution in [0.1, 0.15) is 5.56 Å². The van der Waals surface area contributed by atoms with Crippen LogP contribution in [0, 0.1) is 17.0 Å². The van der Waals surface area contributed by atoms with Gasteiger partial charge in [-0.1, -0.05) is 0 Å². The molecule has 5 heteroatoms. The molecule has 1 N–H and O–H groups in total. The van der Waals surface area contributed by atoms with E-state index < -0.39 is 11.6 Å². The molecular formula is C8H8F2INS. The van der Waals surface area contributed by atoms with Gasteiger partial charge in [-0.3, -0.25) is 5.41 Å². The largest absolute Gasteiger partial charge is 0.293 e. The van der Waals surface area contributed by atoms with Crippen molar-refractivity contribution in [2.24, 2.45) is 0 Å². The molecule has 0 unspecified atom stereocenters. The van der Waals surface area contributed by atoms with Crippen molar-refractivity contribution in [3.63, 3.8) is 0 Å². The maximum atomic E-state index is 12.9. The zero-order chi connectivity index (χ0) is 9.14. The summed E-state index contributed by atoms with van der Waals surface area (Å²) >= 11 is 1.08. The lowest BCUT2D eigenvalue weighted by Crippen LogP contribution is -1.97. The van der Waals surface area contributed by atoms with Gasteiger partial charge in [-0.05, 0) is 24.5 Å². The predicted octanol–water partition coefficient (Wildman–Crippen LogP) is 3.27. The number of benzene rings is 1. The molecule has 0 aromatic heterocycles. The first kappa shape index (κ1) is 12.8. The molecule has 1 nitrogen and oxygen atoms in total. The van der Waals surface area contributed by atoms with E-state index in [9.17, 15) is 8.78 Å². The molecule has 0 saturated carbocycles. The molecule has 0 atom stereocenters. The number of nitrogens with one attached hydrogen (secondary N) is 1. The van der Waals surface area contributed by atoms with E-state index in [0.717, 1.165) is 30.0 Å². The minimum absolute atomic E-state index is 0. The second-order valence-electron chi connectivity index (χ2n) is 2.16. The van der Waals surface area contributed by atoms with Crippen molar-refractivity contribution in [3.05, 3.63) is 35.4 Å². The standard InChI is InChI=1S/C8H7F2NS.HI/c1-12-8(11)6-4-5(9)2-3-7(6)10;/h2-4,11H,1H3;1H. The minimum Gasteiger partial charge on any atom is -0.293 e. The summed E-state index contributed by atoms with van der Waals surface area (Å²) in [7, 11) is 0. The molecule has 0 fully saturated rings. The van der Waals surface area contributed by atoms with Crippen LogP contribution in [0.5, 0.6) is 0 Å². The van der Waals surface area contributed by atoms with E-state index in [1.165, 1.54) is 0 Å². The predicted molar refractivity (Wildman–Crippen MR) is 62.1 cm³/mol. The Hall–Kier alpha value is -0.170. The second kappa shape index (κ2) is 5.54. The highest BCUT2D eigenvalue weighted by Crippen LogP contribution is 2.14. The van der Waals surface area contributed by atoms with Gasteiger partial charge in [-0.2, -0.15) is 0 Å². The Labute approximate surface area is 96.4 Å². The van der Waals surface area contributed by atoms with E-state index in [2.05, 4.69) is 0 Å². The zero-order valence-corrected chi connectivity index (χ0v) is 9.95. The number of hydrogen-bond acceptors (Lipinski definition) is 2. The topological polar surface area (TPSA) is 23.9 Å². The van der Waals surface area contributed by atoms with Gasteiger partial charge in [0.05, 0.1) is 5.04 Å². The molecule has 0 aliphatic heterocycles. The van der Waals surface area contributed by atoms with Gasteiger partial charge in [-0.25, -0.2) is 8.78 Å². The number of rotatable bonds is 1. The highest BCUT2D eigenvalue weighted by molar-refractivity contribution is 14.0. The molecule has 0 bridgehead atoms. The quantitative estimate of drug-likeness (QED) is 0.480. The molecule has 1 aromatic rings. The van der Waals surface area contributed by atoms with E-state index in [1.807, 2.05) is 0 Å². The summed E-state index contributed by atoms with van der Waals surface area (Å²) in [5.41, 5.74) is 0.0162. The lowest BCUT2D eigenvalue weighted by molar-refractivity contribution is 0.598. The van der Waals surface area contributed by atoms with Gasteiger partial charge < -0.3 is 0 Å². The van der Waals surface area contributed by atoms with Crippen molar-refractivity contribution in [1.82, 2.24) is 0 Å². The Balaban J connectivity index is 0.00000144. The molecule has 13 heavy (non-hydrogen) atoms. The summed E-state index contributed by atoms with van der Waals surface area (Å²) < 4.78 is 25.5. The van der Waals surface area contributed by atoms with Crippen molar-refractivity contribution in [2.45, 2.75) is 0 Å². The smallest absolute Gasteiger partial charge is 0.133 e. The summed E-state index contributed by atoms with van der Waals surface area (Å²) in [6, 6.07) is 3.08. The third kappa shape index (κ3) is 3.22. The maximum Gasteiger partial charge on any atom is 0.133 e. The van der Waals surface area contributed by atoms with Crippen molar-refractivity contribution in [3.8, 4) is 0 Å². The monoisotopic (exact) mass is 315 g/mol. The lowest BCUT2D eigenvalue weighted by atomic mass is 10.2. The Morgan fingerprint density at radius 2 is 2.00 bits per heavy atom. The SMILES string of the molecule is CSC(=N)c1cc(F)ccc1F.I. The fourth-order valence-electron chi connectivity index (χ4n) is 0.781. The van der Waals surface area contributed by atoms with E-state index in [0.29, 0.717) is 0 Å². The molecule has 0 aliphatic carbocycles. The molecular weight excluding hydrogens is 307 g/mol. The van der Waals surface area contributed by atoms with Gasteiger partial charge >= 0.3 is 0 Å². The Kier molecular flexibility index (Phi) is 5.46. The van der Waals surface area contributed by atoms with Crippen molar-refractivity contribution in [1.29, 1.82) is 5.41 Å². The van der Waals surface area contributed by atoms with Gasteiger partial charge in [0.15, 0.2) is 0 Å². The third-order valence-electron chi connectivity index (χ3n) is 1.38. The first-order valence-electron chi connectivity index (χ1n) is 3.23. The fourth-order valence-corrected chi connectivity index (χ4v) is 1.16. The molecule has 1 aromatic carbocycles. The van der Waals surface area contributed by atoms with E-state index >= 15 is 0 Å². The summed E-state index contributed by atoms with van der Waals surface area (Å²) in [6.07, 6.45) is 1.65. The van der Waals surface area contributed by atoms with E-state index in [4.69, 9.17) is 5.41 Å². The van der Waals surface area contributed by atoms with Crippen LogP contribution in [0.25, 0.3) is 0 Å². The van der Waals surface area contributed by atoms with Gasteiger partial charge in [-0.15, -0.1) is 35.7 Å². The van der Waals surface area contributed by atoms with Crippen LogP contribution < -0.4 is 0 Å². The number of halogens is 3. The summed E-state index contributed by atoms with van der Waals surface area (Å²) in [6.45, 7) is 0. The number of thioether (sulfide) groups is 1. The Morgan fingerprint density at radius 3 is 2.54 bits per heavy atom. The summed E-state index contributed by atoms with van der Waals surface area (Å²) in [4.78, 5) is 0.